The fourth-order valence-electron chi connectivity index (χ4n) is 4.43. The average Bonchev–Trinajstić information content (AvgIpc) is 3.29. The van der Waals surface area contributed by atoms with Crippen LogP contribution in [0.25, 0.3) is 0 Å². The van der Waals surface area contributed by atoms with Crippen molar-refractivity contribution in [3.63, 3.8) is 0 Å². The summed E-state index contributed by atoms with van der Waals surface area (Å²) in [6, 6.07) is 0. The lowest BCUT2D eigenvalue weighted by atomic mass is 9.99. The fraction of sp³-hybridized carbons (Fsp3) is 0.905. The molecule has 0 spiro atoms. The molecule has 3 aliphatic heterocycles. The number of ether oxygens (including phenoxy) is 7. The minimum Gasteiger partial charge on any atom is -0.480 e. The first kappa shape index (κ1) is 33.8. The van der Waals surface area contributed by atoms with E-state index in [1.54, 1.807) is 0 Å². The van der Waals surface area contributed by atoms with Crippen molar-refractivity contribution in [3.05, 3.63) is 0 Å². The Morgan fingerprint density at radius 1 is 0.683 bits per heavy atom. The number of aliphatic hydroxyl groups excluding tert-OH is 9. The van der Waals surface area contributed by atoms with Gasteiger partial charge in [-0.2, -0.15) is 0 Å². The van der Waals surface area contributed by atoms with Gasteiger partial charge in [0, 0.05) is 0 Å². The van der Waals surface area contributed by atoms with E-state index in [1.807, 2.05) is 0 Å². The first-order valence-corrected chi connectivity index (χ1v) is 12.2. The molecule has 0 saturated carbocycles. The first-order chi connectivity index (χ1) is 19.2. The van der Waals surface area contributed by atoms with Gasteiger partial charge in [-0.25, -0.2) is 9.59 Å². The molecule has 3 aliphatic rings. The molecule has 3 rings (SSSR count). The quantitative estimate of drug-likeness (QED) is 0.0818. The standard InChI is InChI=1S/C21H34O20/c22-1-7-12(28)15(31)16(32)19(37-7)40-21(18(34)14(30)9(39-21)3-36-5-11(26)27)41-20(6-23)17(33)13(29)8(38-20)2-35-4-10(24)25/h7-9,12-19,22-23,28-34H,1-6H2,(H,24,25)(H,26,27)/t7?,8-,9-,12-,13?,14?,15-,16?,17-,18-,19-,20?,21+/m1/s1. The number of rotatable bonds is 14. The Morgan fingerprint density at radius 2 is 1.22 bits per heavy atom. The van der Waals surface area contributed by atoms with Crippen molar-refractivity contribution in [2.24, 2.45) is 0 Å². The molecule has 20 nitrogen and oxygen atoms in total. The van der Waals surface area contributed by atoms with Crippen LogP contribution in [-0.2, 0) is 42.7 Å². The zero-order valence-corrected chi connectivity index (χ0v) is 21.2. The Morgan fingerprint density at radius 3 is 1.73 bits per heavy atom. The van der Waals surface area contributed by atoms with E-state index in [0.717, 1.165) is 0 Å². The number of carbonyl (C=O) groups is 2. The SMILES string of the molecule is O=C(O)COC[C@H]1OC(CO)(O[C@]2(O[C@H]3OC(CO)[C@@H](O)[C@@H](O)C3O)O[C@H](COCC(=O)O)C(O)[C@H]2O)[C@H](O)C1O. The second-order valence-electron chi connectivity index (χ2n) is 9.49. The molecule has 13 atom stereocenters. The number of carboxylic acid groups (broad SMARTS) is 2. The van der Waals surface area contributed by atoms with Gasteiger partial charge in [0.1, 0.15) is 74.8 Å². The number of hydrogen-bond acceptors (Lipinski definition) is 18. The highest BCUT2D eigenvalue weighted by atomic mass is 17.0. The van der Waals surface area contributed by atoms with Gasteiger partial charge in [-0.3, -0.25) is 9.47 Å². The van der Waals surface area contributed by atoms with Crippen molar-refractivity contribution < 1.29 is 98.9 Å². The molecule has 11 N–H and O–H groups in total. The van der Waals surface area contributed by atoms with Gasteiger partial charge in [0.05, 0.1) is 19.8 Å². The van der Waals surface area contributed by atoms with E-state index in [-0.39, 0.29) is 0 Å². The Kier molecular flexibility index (Phi) is 11.3. The molecule has 5 unspecified atom stereocenters. The summed E-state index contributed by atoms with van der Waals surface area (Å²) < 4.78 is 37.0. The van der Waals surface area contributed by atoms with Crippen molar-refractivity contribution in [2.45, 2.75) is 79.1 Å². The van der Waals surface area contributed by atoms with Gasteiger partial charge < -0.3 is 79.9 Å². The third-order valence-electron chi connectivity index (χ3n) is 6.57. The van der Waals surface area contributed by atoms with Crippen LogP contribution in [0.4, 0.5) is 0 Å². The summed E-state index contributed by atoms with van der Waals surface area (Å²) in [4.78, 5) is 21.5. The zero-order valence-electron chi connectivity index (χ0n) is 21.2. The Bertz CT molecular complexity index is 889. The lowest BCUT2D eigenvalue weighted by Gasteiger charge is -2.45. The fourth-order valence-corrected chi connectivity index (χ4v) is 4.43. The van der Waals surface area contributed by atoms with Crippen LogP contribution in [0.5, 0.6) is 0 Å². The average molecular weight is 606 g/mol. The van der Waals surface area contributed by atoms with E-state index in [2.05, 4.69) is 0 Å². The van der Waals surface area contributed by atoms with E-state index >= 15 is 0 Å². The molecule has 0 aromatic heterocycles. The number of carboxylic acids is 2. The van der Waals surface area contributed by atoms with Crippen LogP contribution >= 0.6 is 0 Å². The van der Waals surface area contributed by atoms with Gasteiger partial charge in [-0.1, -0.05) is 0 Å². The van der Waals surface area contributed by atoms with Gasteiger partial charge in [-0.15, -0.1) is 0 Å². The van der Waals surface area contributed by atoms with Gasteiger partial charge in [-0.05, 0) is 0 Å². The lowest BCUT2D eigenvalue weighted by Crippen LogP contribution is -2.65. The minimum absolute atomic E-state index is 0.645. The Hall–Kier alpha value is -1.70. The zero-order chi connectivity index (χ0) is 30.7. The second kappa shape index (κ2) is 13.7. The number of aliphatic hydroxyl groups is 9. The van der Waals surface area contributed by atoms with E-state index in [9.17, 15) is 55.5 Å². The molecule has 20 heteroatoms. The summed E-state index contributed by atoms with van der Waals surface area (Å²) >= 11 is 0. The molecule has 0 aromatic carbocycles. The summed E-state index contributed by atoms with van der Waals surface area (Å²) in [7, 11) is 0. The topological polar surface area (TPSA) is 321 Å². The molecule has 0 aliphatic carbocycles. The molecule has 3 heterocycles. The van der Waals surface area contributed by atoms with Crippen LogP contribution in [0.15, 0.2) is 0 Å². The van der Waals surface area contributed by atoms with Gasteiger partial charge >= 0.3 is 17.9 Å². The highest BCUT2D eigenvalue weighted by Gasteiger charge is 2.67. The molecule has 0 amide bonds. The van der Waals surface area contributed by atoms with Crippen LogP contribution in [-0.4, -0.2) is 187 Å². The highest BCUT2D eigenvalue weighted by molar-refractivity contribution is 5.68. The third kappa shape index (κ3) is 7.10. The van der Waals surface area contributed by atoms with Crippen LogP contribution in [0, 0.1) is 0 Å². The molecule has 41 heavy (non-hydrogen) atoms. The lowest BCUT2D eigenvalue weighted by molar-refractivity contribution is -0.500. The molecule has 0 bridgehead atoms. The van der Waals surface area contributed by atoms with Gasteiger partial charge in [0.15, 0.2) is 12.4 Å². The predicted octanol–water partition coefficient (Wildman–Crippen LogP) is -7.39. The second-order valence-corrected chi connectivity index (χ2v) is 9.49. The van der Waals surface area contributed by atoms with E-state index < -0.39 is 131 Å². The molecule has 0 radical (unpaired) electrons. The number of aliphatic carboxylic acids is 2. The first-order valence-electron chi connectivity index (χ1n) is 12.2. The van der Waals surface area contributed by atoms with Crippen molar-refractivity contribution in [1.82, 2.24) is 0 Å². The van der Waals surface area contributed by atoms with Crippen LogP contribution in [0.3, 0.4) is 0 Å². The van der Waals surface area contributed by atoms with Crippen LogP contribution < -0.4 is 0 Å². The van der Waals surface area contributed by atoms with Crippen LogP contribution in [0.1, 0.15) is 0 Å². The summed E-state index contributed by atoms with van der Waals surface area (Å²) in [5.74, 6) is -8.65. The van der Waals surface area contributed by atoms with Crippen molar-refractivity contribution in [1.29, 1.82) is 0 Å². The van der Waals surface area contributed by atoms with E-state index in [0.29, 0.717) is 0 Å². The van der Waals surface area contributed by atoms with Crippen molar-refractivity contribution in [3.8, 4) is 0 Å². The largest absolute Gasteiger partial charge is 0.480 e. The number of hydrogen-bond donors (Lipinski definition) is 11. The van der Waals surface area contributed by atoms with Crippen LogP contribution in [0.2, 0.25) is 0 Å². The Labute approximate surface area is 230 Å². The molecular formula is C21H34O20. The molecular weight excluding hydrogens is 572 g/mol. The third-order valence-corrected chi connectivity index (χ3v) is 6.57. The molecule has 3 saturated heterocycles. The Balaban J connectivity index is 1.93. The molecule has 238 valence electrons. The van der Waals surface area contributed by atoms with E-state index in [1.165, 1.54) is 0 Å². The highest BCUT2D eigenvalue weighted by Crippen LogP contribution is 2.44. The molecule has 3 fully saturated rings. The maximum atomic E-state index is 11.0. The monoisotopic (exact) mass is 606 g/mol. The maximum absolute atomic E-state index is 11.0. The van der Waals surface area contributed by atoms with Crippen molar-refractivity contribution in [2.75, 3.05) is 39.6 Å². The summed E-state index contributed by atoms with van der Waals surface area (Å²) in [5.41, 5.74) is 0. The van der Waals surface area contributed by atoms with Gasteiger partial charge in [0.25, 0.3) is 0 Å². The maximum Gasteiger partial charge on any atom is 0.329 e. The smallest absolute Gasteiger partial charge is 0.329 e. The summed E-state index contributed by atoms with van der Waals surface area (Å²) in [5, 5.41) is 111. The normalized spacial score (nSPS) is 44.8. The summed E-state index contributed by atoms with van der Waals surface area (Å²) in [6.07, 6.45) is -21.3. The van der Waals surface area contributed by atoms with Crippen molar-refractivity contribution >= 4 is 11.9 Å². The summed E-state index contributed by atoms with van der Waals surface area (Å²) in [6.45, 7) is -5.26. The van der Waals surface area contributed by atoms with E-state index in [4.69, 9.17) is 43.4 Å². The minimum atomic E-state index is -3.12. The van der Waals surface area contributed by atoms with Gasteiger partial charge in [0.2, 0.25) is 5.79 Å². The predicted molar refractivity (Wildman–Crippen MR) is 119 cm³/mol. The molecule has 0 aromatic rings.